The Morgan fingerprint density at radius 1 is 0.906 bits per heavy atom. The normalized spacial score (nSPS) is 11.5. The van der Waals surface area contributed by atoms with E-state index in [1.807, 2.05) is 85.8 Å². The predicted octanol–water partition coefficient (Wildman–Crippen LogP) is 3.93. The molecule has 0 saturated carbocycles. The molecule has 32 heavy (non-hydrogen) atoms. The van der Waals surface area contributed by atoms with E-state index in [-0.39, 0.29) is 18.2 Å². The smallest absolute Gasteiger partial charge is 0.242 e. The van der Waals surface area contributed by atoms with Crippen molar-refractivity contribution in [1.82, 2.24) is 10.2 Å². The maximum absolute atomic E-state index is 13.5. The summed E-state index contributed by atoms with van der Waals surface area (Å²) in [6.07, 6.45) is 0.663. The second-order valence-corrected chi connectivity index (χ2v) is 7.86. The average molecular weight is 431 g/mol. The molecular weight excluding hydrogens is 400 g/mol. The first-order valence-electron chi connectivity index (χ1n) is 10.7. The van der Waals surface area contributed by atoms with E-state index >= 15 is 0 Å². The van der Waals surface area contributed by atoms with E-state index in [0.717, 1.165) is 22.3 Å². The van der Waals surface area contributed by atoms with Gasteiger partial charge in [-0.3, -0.25) is 9.59 Å². The Balaban J connectivity index is 1.94. The van der Waals surface area contributed by atoms with Crippen LogP contribution in [0.3, 0.4) is 0 Å². The standard InChI is InChI=1S/C27H30N2O3/c1-20-12-14-22(15-13-20)18-26(30)29(19-23-10-7-11-24(16-23)32-3)25(27(31)28-2)17-21-8-5-4-6-9-21/h4-16,25H,17-19H2,1-3H3,(H,28,31)/t25-/m1/s1. The Hall–Kier alpha value is -3.60. The van der Waals surface area contributed by atoms with Gasteiger partial charge >= 0.3 is 0 Å². The molecule has 0 spiro atoms. The van der Waals surface area contributed by atoms with Crippen LogP contribution in [0.15, 0.2) is 78.9 Å². The van der Waals surface area contributed by atoms with E-state index in [0.29, 0.717) is 18.7 Å². The van der Waals surface area contributed by atoms with Crippen molar-refractivity contribution in [3.8, 4) is 5.75 Å². The molecule has 0 bridgehead atoms. The summed E-state index contributed by atoms with van der Waals surface area (Å²) < 4.78 is 5.35. The molecular formula is C27H30N2O3. The van der Waals surface area contributed by atoms with Crippen LogP contribution in [0.5, 0.6) is 5.75 Å². The van der Waals surface area contributed by atoms with E-state index in [1.165, 1.54) is 0 Å². The summed E-state index contributed by atoms with van der Waals surface area (Å²) in [6.45, 7) is 2.33. The lowest BCUT2D eigenvalue weighted by atomic mass is 10.0. The number of amides is 2. The number of hydrogen-bond acceptors (Lipinski definition) is 3. The Kier molecular flexibility index (Phi) is 8.03. The Morgan fingerprint density at radius 3 is 2.25 bits per heavy atom. The number of rotatable bonds is 9. The van der Waals surface area contributed by atoms with Gasteiger partial charge in [0.25, 0.3) is 0 Å². The fraction of sp³-hybridized carbons (Fsp3) is 0.259. The maximum Gasteiger partial charge on any atom is 0.242 e. The van der Waals surface area contributed by atoms with E-state index in [9.17, 15) is 9.59 Å². The molecule has 0 aromatic heterocycles. The largest absolute Gasteiger partial charge is 0.497 e. The SMILES string of the molecule is CNC(=O)[C@@H](Cc1ccccc1)N(Cc1cccc(OC)c1)C(=O)Cc1ccc(C)cc1. The van der Waals surface area contributed by atoms with Gasteiger partial charge in [0.1, 0.15) is 11.8 Å². The van der Waals surface area contributed by atoms with Gasteiger partial charge in [0.2, 0.25) is 11.8 Å². The minimum absolute atomic E-state index is 0.0961. The van der Waals surface area contributed by atoms with E-state index < -0.39 is 6.04 Å². The molecule has 5 heteroatoms. The summed E-state index contributed by atoms with van der Waals surface area (Å²) in [5.74, 6) is 0.434. The predicted molar refractivity (Wildman–Crippen MR) is 126 cm³/mol. The van der Waals surface area contributed by atoms with Crippen LogP contribution in [0.2, 0.25) is 0 Å². The molecule has 0 heterocycles. The number of nitrogens with one attached hydrogen (secondary N) is 1. The lowest BCUT2D eigenvalue weighted by Crippen LogP contribution is -2.50. The molecule has 0 fully saturated rings. The van der Waals surface area contributed by atoms with Crippen molar-refractivity contribution >= 4 is 11.8 Å². The van der Waals surface area contributed by atoms with Crippen LogP contribution in [0.1, 0.15) is 22.3 Å². The van der Waals surface area contributed by atoms with E-state index in [4.69, 9.17) is 4.74 Å². The van der Waals surface area contributed by atoms with Crippen molar-refractivity contribution in [2.24, 2.45) is 0 Å². The fourth-order valence-electron chi connectivity index (χ4n) is 3.67. The summed E-state index contributed by atoms with van der Waals surface area (Å²) in [5.41, 5.74) is 3.97. The molecule has 166 valence electrons. The number of nitrogens with zero attached hydrogens (tertiary/aromatic N) is 1. The highest BCUT2D eigenvalue weighted by molar-refractivity contribution is 5.88. The zero-order valence-electron chi connectivity index (χ0n) is 18.9. The lowest BCUT2D eigenvalue weighted by Gasteiger charge is -2.31. The second-order valence-electron chi connectivity index (χ2n) is 7.86. The van der Waals surface area contributed by atoms with Crippen LogP contribution in [0, 0.1) is 6.92 Å². The van der Waals surface area contributed by atoms with Gasteiger partial charge in [0, 0.05) is 20.0 Å². The van der Waals surface area contributed by atoms with Gasteiger partial charge in [-0.15, -0.1) is 0 Å². The zero-order valence-corrected chi connectivity index (χ0v) is 18.9. The molecule has 0 radical (unpaired) electrons. The third-order valence-electron chi connectivity index (χ3n) is 5.48. The molecule has 3 rings (SSSR count). The molecule has 0 unspecified atom stereocenters. The fourth-order valence-corrected chi connectivity index (χ4v) is 3.67. The Morgan fingerprint density at radius 2 is 1.59 bits per heavy atom. The molecule has 3 aromatic carbocycles. The minimum Gasteiger partial charge on any atom is -0.497 e. The zero-order chi connectivity index (χ0) is 22.9. The van der Waals surface area contributed by atoms with Crippen LogP contribution < -0.4 is 10.1 Å². The van der Waals surface area contributed by atoms with E-state index in [2.05, 4.69) is 5.32 Å². The first kappa shape index (κ1) is 23.1. The van der Waals surface area contributed by atoms with Crippen LogP contribution >= 0.6 is 0 Å². The third kappa shape index (κ3) is 6.20. The van der Waals surface area contributed by atoms with Crippen molar-refractivity contribution in [3.05, 3.63) is 101 Å². The van der Waals surface area contributed by atoms with Crippen molar-refractivity contribution in [2.75, 3.05) is 14.2 Å². The Bertz CT molecular complexity index is 1030. The molecule has 3 aromatic rings. The van der Waals surface area contributed by atoms with Crippen molar-refractivity contribution in [1.29, 1.82) is 0 Å². The lowest BCUT2D eigenvalue weighted by molar-refractivity contribution is -0.140. The molecule has 5 nitrogen and oxygen atoms in total. The molecule has 1 atom stereocenters. The summed E-state index contributed by atoms with van der Waals surface area (Å²) in [7, 11) is 3.22. The molecule has 1 N–H and O–H groups in total. The second kappa shape index (κ2) is 11.1. The highest BCUT2D eigenvalue weighted by atomic mass is 16.5. The number of hydrogen-bond donors (Lipinski definition) is 1. The van der Waals surface area contributed by atoms with Gasteiger partial charge < -0.3 is 15.0 Å². The average Bonchev–Trinajstić information content (AvgIpc) is 2.83. The number of ether oxygens (including phenoxy) is 1. The van der Waals surface area contributed by atoms with Crippen LogP contribution in [0.25, 0.3) is 0 Å². The van der Waals surface area contributed by atoms with Gasteiger partial charge in [-0.25, -0.2) is 0 Å². The van der Waals surface area contributed by atoms with Gasteiger partial charge in [-0.05, 0) is 35.7 Å². The van der Waals surface area contributed by atoms with Gasteiger partial charge in [0.15, 0.2) is 0 Å². The minimum atomic E-state index is -0.633. The summed E-state index contributed by atoms with van der Waals surface area (Å²) >= 11 is 0. The number of carbonyl (C=O) groups is 2. The van der Waals surface area contributed by atoms with Crippen molar-refractivity contribution < 1.29 is 14.3 Å². The monoisotopic (exact) mass is 430 g/mol. The van der Waals surface area contributed by atoms with E-state index in [1.54, 1.807) is 19.1 Å². The highest BCUT2D eigenvalue weighted by Crippen LogP contribution is 2.19. The first-order chi connectivity index (χ1) is 15.5. The van der Waals surface area contributed by atoms with Gasteiger partial charge in [-0.2, -0.15) is 0 Å². The van der Waals surface area contributed by atoms with Crippen molar-refractivity contribution in [2.45, 2.75) is 32.4 Å². The van der Waals surface area contributed by atoms with Gasteiger partial charge in [-0.1, -0.05) is 72.3 Å². The van der Waals surface area contributed by atoms with Crippen LogP contribution in [-0.2, 0) is 29.0 Å². The maximum atomic E-state index is 13.5. The summed E-state index contributed by atoms with van der Waals surface area (Å²) in [4.78, 5) is 28.1. The van der Waals surface area contributed by atoms with Gasteiger partial charge in [0.05, 0.1) is 13.5 Å². The number of carbonyl (C=O) groups excluding carboxylic acids is 2. The molecule has 0 aliphatic rings. The summed E-state index contributed by atoms with van der Waals surface area (Å²) in [6, 6.07) is 24.7. The molecule has 2 amide bonds. The topological polar surface area (TPSA) is 58.6 Å². The number of methoxy groups -OCH3 is 1. The van der Waals surface area contributed by atoms with Crippen LogP contribution in [-0.4, -0.2) is 36.9 Å². The van der Waals surface area contributed by atoms with Crippen LogP contribution in [0.4, 0.5) is 0 Å². The molecule has 0 aliphatic carbocycles. The highest BCUT2D eigenvalue weighted by Gasteiger charge is 2.29. The molecule has 0 saturated heterocycles. The van der Waals surface area contributed by atoms with Crippen molar-refractivity contribution in [3.63, 3.8) is 0 Å². The number of aryl methyl sites for hydroxylation is 1. The number of benzene rings is 3. The first-order valence-corrected chi connectivity index (χ1v) is 10.7. The third-order valence-corrected chi connectivity index (χ3v) is 5.48. The molecule has 0 aliphatic heterocycles. The summed E-state index contributed by atoms with van der Waals surface area (Å²) in [5, 5.41) is 2.74. The Labute approximate surface area is 190 Å². The number of likely N-dealkylation sites (N-methyl/N-ethyl adjacent to an activating group) is 1. The quantitative estimate of drug-likeness (QED) is 0.560.